The van der Waals surface area contributed by atoms with Crippen molar-refractivity contribution in [3.8, 4) is 0 Å². The molecule has 110 valence electrons. The van der Waals surface area contributed by atoms with Crippen molar-refractivity contribution in [2.24, 2.45) is 0 Å². The highest BCUT2D eigenvalue weighted by Gasteiger charge is 2.19. The molecule has 1 atom stereocenters. The minimum atomic E-state index is 0.770. The van der Waals surface area contributed by atoms with Gasteiger partial charge in [-0.25, -0.2) is 0 Å². The van der Waals surface area contributed by atoms with Crippen molar-refractivity contribution in [3.05, 3.63) is 24.3 Å². The minimum Gasteiger partial charge on any atom is -0.306 e. The van der Waals surface area contributed by atoms with E-state index in [4.69, 9.17) is 0 Å². The van der Waals surface area contributed by atoms with Crippen LogP contribution in [-0.2, 0) is 0 Å². The predicted molar refractivity (Wildman–Crippen MR) is 85.6 cm³/mol. The normalized spacial score (nSPS) is 22.6. The summed E-state index contributed by atoms with van der Waals surface area (Å²) in [4.78, 5) is 5.15. The van der Waals surface area contributed by atoms with Gasteiger partial charge in [-0.1, -0.05) is 37.6 Å². The Hall–Kier alpha value is -0.600. The molecule has 0 aromatic carbocycles. The van der Waals surface area contributed by atoms with Crippen molar-refractivity contribution >= 4 is 0 Å². The standard InChI is InChI=1S/C17H32N2/c1-5-9-16(3)11-15-19(6-2)17-10-7-8-13-18(4)14-12-17/h5,9,17H,3,6-8,10-15H2,1-2,4H3/b9-5-/t17-/m0/s1. The molecule has 1 aliphatic heterocycles. The fourth-order valence-corrected chi connectivity index (χ4v) is 2.96. The first kappa shape index (κ1) is 16.5. The van der Waals surface area contributed by atoms with Crippen LogP contribution in [0.3, 0.4) is 0 Å². The Morgan fingerprint density at radius 2 is 2.11 bits per heavy atom. The summed E-state index contributed by atoms with van der Waals surface area (Å²) in [5.41, 5.74) is 1.25. The lowest BCUT2D eigenvalue weighted by atomic mass is 10.0. The summed E-state index contributed by atoms with van der Waals surface area (Å²) in [6, 6.07) is 0.770. The summed E-state index contributed by atoms with van der Waals surface area (Å²) >= 11 is 0. The number of allylic oxidation sites excluding steroid dienone is 2. The highest BCUT2D eigenvalue weighted by molar-refractivity contribution is 5.13. The first-order valence-electron chi connectivity index (χ1n) is 7.90. The van der Waals surface area contributed by atoms with Gasteiger partial charge in [0.05, 0.1) is 0 Å². The molecule has 1 saturated heterocycles. The van der Waals surface area contributed by atoms with Crippen molar-refractivity contribution in [2.45, 2.75) is 52.0 Å². The summed E-state index contributed by atoms with van der Waals surface area (Å²) in [6.07, 6.45) is 10.8. The van der Waals surface area contributed by atoms with Gasteiger partial charge in [-0.15, -0.1) is 0 Å². The molecule has 1 rings (SSSR count). The van der Waals surface area contributed by atoms with Gasteiger partial charge >= 0.3 is 0 Å². The molecule has 2 nitrogen and oxygen atoms in total. The van der Waals surface area contributed by atoms with Crippen LogP contribution >= 0.6 is 0 Å². The average molecular weight is 264 g/mol. The zero-order valence-corrected chi connectivity index (χ0v) is 13.2. The molecular formula is C17H32N2. The maximum Gasteiger partial charge on any atom is 0.0107 e. The van der Waals surface area contributed by atoms with Gasteiger partial charge in [-0.3, -0.25) is 0 Å². The molecule has 0 unspecified atom stereocenters. The monoisotopic (exact) mass is 264 g/mol. The van der Waals surface area contributed by atoms with Crippen LogP contribution in [0.15, 0.2) is 24.3 Å². The SMILES string of the molecule is C=C(/C=C\C)CCN(CC)[C@H]1CCCCN(C)CC1. The first-order valence-corrected chi connectivity index (χ1v) is 7.90. The van der Waals surface area contributed by atoms with Crippen LogP contribution in [0.5, 0.6) is 0 Å². The molecule has 0 aromatic rings. The number of rotatable bonds is 6. The van der Waals surface area contributed by atoms with Crippen molar-refractivity contribution in [1.29, 1.82) is 0 Å². The van der Waals surface area contributed by atoms with Crippen LogP contribution < -0.4 is 0 Å². The highest BCUT2D eigenvalue weighted by atomic mass is 15.2. The van der Waals surface area contributed by atoms with Crippen molar-refractivity contribution < 1.29 is 0 Å². The third kappa shape index (κ3) is 6.40. The van der Waals surface area contributed by atoms with Crippen LogP contribution in [0.2, 0.25) is 0 Å². The van der Waals surface area contributed by atoms with Crippen LogP contribution in [0.1, 0.15) is 46.0 Å². The molecule has 0 N–H and O–H groups in total. The first-order chi connectivity index (χ1) is 9.17. The molecule has 0 amide bonds. The second-order valence-corrected chi connectivity index (χ2v) is 5.78. The lowest BCUT2D eigenvalue weighted by Gasteiger charge is -2.34. The Morgan fingerprint density at radius 3 is 2.79 bits per heavy atom. The fraction of sp³-hybridized carbons (Fsp3) is 0.765. The number of likely N-dealkylation sites (tertiary alicyclic amines) is 1. The molecule has 0 bridgehead atoms. The predicted octanol–water partition coefficient (Wildman–Crippen LogP) is 3.71. The molecule has 19 heavy (non-hydrogen) atoms. The fourth-order valence-electron chi connectivity index (χ4n) is 2.96. The minimum absolute atomic E-state index is 0.770. The van der Waals surface area contributed by atoms with Crippen LogP contribution in [0.25, 0.3) is 0 Å². The van der Waals surface area contributed by atoms with E-state index in [2.05, 4.69) is 49.4 Å². The second-order valence-electron chi connectivity index (χ2n) is 5.78. The summed E-state index contributed by atoms with van der Waals surface area (Å²) in [5.74, 6) is 0. The van der Waals surface area contributed by atoms with E-state index in [1.165, 1.54) is 44.3 Å². The van der Waals surface area contributed by atoms with Gasteiger partial charge in [0.1, 0.15) is 0 Å². The maximum absolute atomic E-state index is 4.12. The van der Waals surface area contributed by atoms with E-state index in [9.17, 15) is 0 Å². The summed E-state index contributed by atoms with van der Waals surface area (Å²) in [5, 5.41) is 0. The number of hydrogen-bond acceptors (Lipinski definition) is 2. The zero-order chi connectivity index (χ0) is 14.1. The van der Waals surface area contributed by atoms with Crippen molar-refractivity contribution in [2.75, 3.05) is 33.2 Å². The molecule has 2 heteroatoms. The average Bonchev–Trinajstić information content (AvgIpc) is 2.37. The Labute approximate surface area is 120 Å². The van der Waals surface area contributed by atoms with E-state index < -0.39 is 0 Å². The van der Waals surface area contributed by atoms with Crippen LogP contribution in [0, 0.1) is 0 Å². The highest BCUT2D eigenvalue weighted by Crippen LogP contribution is 2.17. The molecule has 0 aromatic heterocycles. The Balaban J connectivity index is 2.44. The lowest BCUT2D eigenvalue weighted by molar-refractivity contribution is 0.154. The molecular weight excluding hydrogens is 232 g/mol. The van der Waals surface area contributed by atoms with E-state index in [0.717, 1.165) is 25.6 Å². The van der Waals surface area contributed by atoms with E-state index >= 15 is 0 Å². The van der Waals surface area contributed by atoms with Gasteiger partial charge < -0.3 is 9.80 Å². The second kappa shape index (κ2) is 9.33. The molecule has 0 radical (unpaired) electrons. The van der Waals surface area contributed by atoms with Crippen LogP contribution in [-0.4, -0.2) is 49.1 Å². The van der Waals surface area contributed by atoms with Gasteiger partial charge in [-0.05, 0) is 59.3 Å². The van der Waals surface area contributed by atoms with Gasteiger partial charge in [0.15, 0.2) is 0 Å². The molecule has 0 aliphatic carbocycles. The van der Waals surface area contributed by atoms with E-state index in [0.29, 0.717) is 0 Å². The molecule has 0 spiro atoms. The maximum atomic E-state index is 4.12. The van der Waals surface area contributed by atoms with E-state index in [-0.39, 0.29) is 0 Å². The summed E-state index contributed by atoms with van der Waals surface area (Å²) in [6.45, 7) is 13.3. The summed E-state index contributed by atoms with van der Waals surface area (Å²) < 4.78 is 0. The van der Waals surface area contributed by atoms with Gasteiger partial charge in [-0.2, -0.15) is 0 Å². The third-order valence-corrected chi connectivity index (χ3v) is 4.22. The number of nitrogens with zero attached hydrogens (tertiary/aromatic N) is 2. The molecule has 0 saturated carbocycles. The largest absolute Gasteiger partial charge is 0.306 e. The van der Waals surface area contributed by atoms with Gasteiger partial charge in [0.25, 0.3) is 0 Å². The van der Waals surface area contributed by atoms with Crippen LogP contribution in [0.4, 0.5) is 0 Å². The van der Waals surface area contributed by atoms with Gasteiger partial charge in [0.2, 0.25) is 0 Å². The molecule has 1 aliphatic rings. The Bertz CT molecular complexity index is 283. The third-order valence-electron chi connectivity index (χ3n) is 4.22. The van der Waals surface area contributed by atoms with Crippen molar-refractivity contribution in [3.63, 3.8) is 0 Å². The molecule has 1 fully saturated rings. The summed E-state index contributed by atoms with van der Waals surface area (Å²) in [7, 11) is 2.26. The zero-order valence-electron chi connectivity index (χ0n) is 13.2. The molecule has 1 heterocycles. The smallest absolute Gasteiger partial charge is 0.0107 e. The topological polar surface area (TPSA) is 6.48 Å². The quantitative estimate of drug-likeness (QED) is 0.675. The Kier molecular flexibility index (Phi) is 8.08. The number of hydrogen-bond donors (Lipinski definition) is 0. The Morgan fingerprint density at radius 1 is 1.32 bits per heavy atom. The van der Waals surface area contributed by atoms with E-state index in [1.807, 2.05) is 0 Å². The van der Waals surface area contributed by atoms with E-state index in [1.54, 1.807) is 0 Å². The van der Waals surface area contributed by atoms with Crippen molar-refractivity contribution in [1.82, 2.24) is 9.80 Å². The lowest BCUT2D eigenvalue weighted by Crippen LogP contribution is -2.39. The van der Waals surface area contributed by atoms with Gasteiger partial charge in [0, 0.05) is 12.6 Å².